The van der Waals surface area contributed by atoms with Crippen molar-refractivity contribution in [1.82, 2.24) is 19.4 Å². The molecular weight excluding hydrogens is 584 g/mol. The fourth-order valence-electron chi connectivity index (χ4n) is 6.74. The van der Waals surface area contributed by atoms with Crippen LogP contribution in [0.25, 0.3) is 11.1 Å². The third kappa shape index (κ3) is 5.51. The lowest BCUT2D eigenvalue weighted by Crippen LogP contribution is -2.59. The quantitative estimate of drug-likeness (QED) is 0.384. The summed E-state index contributed by atoms with van der Waals surface area (Å²) in [4.78, 5) is 48.1. The number of amides is 2. The van der Waals surface area contributed by atoms with Crippen molar-refractivity contribution in [3.05, 3.63) is 71.1 Å². The van der Waals surface area contributed by atoms with E-state index >= 15 is 4.39 Å². The van der Waals surface area contributed by atoms with Crippen molar-refractivity contribution in [2.24, 2.45) is 5.41 Å². The maximum Gasteiger partial charge on any atom is 0.407 e. The molecule has 45 heavy (non-hydrogen) atoms. The van der Waals surface area contributed by atoms with Crippen LogP contribution >= 0.6 is 0 Å². The van der Waals surface area contributed by atoms with Crippen molar-refractivity contribution in [2.45, 2.75) is 65.5 Å². The van der Waals surface area contributed by atoms with E-state index in [1.807, 2.05) is 45.0 Å². The van der Waals surface area contributed by atoms with Gasteiger partial charge >= 0.3 is 12.1 Å². The SMILES string of the molecule is CCOC(=O)C(c1ncn2c1C[C@@H](F)C2)N1Cc2c(F)cc(-c3ccc(N4CCN(C(=O)O)C(C(C)(C)C)C4)cc3)cc2C1=O. The smallest absolute Gasteiger partial charge is 0.407 e. The van der Waals surface area contributed by atoms with Crippen LogP contribution in [0.1, 0.15) is 61.0 Å². The molecular formula is C33H37F2N5O5. The average Bonchev–Trinajstić information content (AvgIpc) is 3.66. The first-order chi connectivity index (χ1) is 21.4. The Morgan fingerprint density at radius 2 is 1.84 bits per heavy atom. The fraction of sp³-hybridized carbons (Fsp3) is 0.455. The second kappa shape index (κ2) is 11.5. The summed E-state index contributed by atoms with van der Waals surface area (Å²) in [5.74, 6) is -1.79. The van der Waals surface area contributed by atoms with Crippen molar-refractivity contribution in [2.75, 3.05) is 31.1 Å². The minimum absolute atomic E-state index is 0.0703. The van der Waals surface area contributed by atoms with Crippen LogP contribution in [-0.2, 0) is 29.0 Å². The zero-order chi connectivity index (χ0) is 32.2. The van der Waals surface area contributed by atoms with E-state index in [0.717, 1.165) is 5.69 Å². The third-order valence-electron chi connectivity index (χ3n) is 9.08. The number of alkyl halides is 1. The molecule has 6 rings (SSSR count). The van der Waals surface area contributed by atoms with E-state index < -0.39 is 36.0 Å². The predicted octanol–water partition coefficient (Wildman–Crippen LogP) is 5.06. The zero-order valence-corrected chi connectivity index (χ0v) is 25.8. The number of fused-ring (bicyclic) bond motifs is 2. The van der Waals surface area contributed by atoms with Gasteiger partial charge in [-0.1, -0.05) is 32.9 Å². The van der Waals surface area contributed by atoms with E-state index in [1.54, 1.807) is 17.6 Å². The lowest BCUT2D eigenvalue weighted by atomic mass is 9.84. The van der Waals surface area contributed by atoms with Crippen molar-refractivity contribution in [3.63, 3.8) is 0 Å². The standard InChI is InChI=1S/C33H37F2N5O5/c1-5-45-31(42)29(28-26-14-21(34)15-38(26)18-36-28)40-16-24-23(30(40)41)12-20(13-25(24)35)19-6-8-22(9-7-19)37-10-11-39(32(43)44)27(17-37)33(2,3)4/h6-9,12-13,18,21,27,29H,5,10-11,14-17H2,1-4H3,(H,43,44)/t21-,27?,29?/m1/s1. The second-order valence-corrected chi connectivity index (χ2v) is 13.0. The summed E-state index contributed by atoms with van der Waals surface area (Å²) < 4.78 is 36.7. The van der Waals surface area contributed by atoms with Crippen LogP contribution in [0.2, 0.25) is 0 Å². The number of ether oxygens (including phenoxy) is 1. The molecule has 0 aliphatic carbocycles. The number of esters is 1. The molecule has 0 spiro atoms. The van der Waals surface area contributed by atoms with Crippen LogP contribution in [0.4, 0.5) is 19.3 Å². The van der Waals surface area contributed by atoms with Gasteiger partial charge in [0.1, 0.15) is 12.0 Å². The number of piperazine rings is 1. The van der Waals surface area contributed by atoms with Crippen LogP contribution in [-0.4, -0.2) is 80.9 Å². The molecule has 12 heteroatoms. The molecule has 3 aromatic rings. The number of imidazole rings is 1. The number of carbonyl (C=O) groups excluding carboxylic acids is 2. The Morgan fingerprint density at radius 3 is 2.51 bits per heavy atom. The predicted molar refractivity (Wildman–Crippen MR) is 162 cm³/mol. The van der Waals surface area contributed by atoms with Gasteiger partial charge in [0.2, 0.25) is 0 Å². The molecule has 2 aromatic carbocycles. The first-order valence-electron chi connectivity index (χ1n) is 15.2. The minimum atomic E-state index is -1.23. The van der Waals surface area contributed by atoms with Gasteiger partial charge in [-0.15, -0.1) is 0 Å². The summed E-state index contributed by atoms with van der Waals surface area (Å²) >= 11 is 0. The van der Waals surface area contributed by atoms with E-state index in [2.05, 4.69) is 9.88 Å². The second-order valence-electron chi connectivity index (χ2n) is 13.0. The largest absolute Gasteiger partial charge is 0.465 e. The molecule has 3 atom stereocenters. The van der Waals surface area contributed by atoms with E-state index in [4.69, 9.17) is 4.74 Å². The molecule has 1 saturated heterocycles. The Morgan fingerprint density at radius 1 is 1.11 bits per heavy atom. The van der Waals surface area contributed by atoms with Crippen LogP contribution in [0.5, 0.6) is 0 Å². The van der Waals surface area contributed by atoms with E-state index in [1.165, 1.54) is 22.2 Å². The minimum Gasteiger partial charge on any atom is -0.465 e. The zero-order valence-electron chi connectivity index (χ0n) is 25.8. The number of anilines is 1. The van der Waals surface area contributed by atoms with Gasteiger partial charge in [-0.2, -0.15) is 0 Å². The molecule has 3 aliphatic heterocycles. The number of aromatic nitrogens is 2. The molecule has 1 aromatic heterocycles. The number of carboxylic acid groups (broad SMARTS) is 1. The maximum absolute atomic E-state index is 15.6. The average molecular weight is 622 g/mol. The Kier molecular flexibility index (Phi) is 7.78. The summed E-state index contributed by atoms with van der Waals surface area (Å²) in [6, 6.07) is 9.13. The first-order valence-corrected chi connectivity index (χ1v) is 15.2. The summed E-state index contributed by atoms with van der Waals surface area (Å²) in [6.07, 6.45) is -0.507. The monoisotopic (exact) mass is 621 g/mol. The van der Waals surface area contributed by atoms with Gasteiger partial charge in [0.15, 0.2) is 6.04 Å². The summed E-state index contributed by atoms with van der Waals surface area (Å²) in [6.45, 7) is 9.27. The van der Waals surface area contributed by atoms with Gasteiger partial charge in [0, 0.05) is 48.6 Å². The molecule has 2 amide bonds. The third-order valence-corrected chi connectivity index (χ3v) is 9.08. The Labute approximate surface area is 260 Å². The Hall–Kier alpha value is -4.48. The fourth-order valence-corrected chi connectivity index (χ4v) is 6.74. The molecule has 3 aliphatic rings. The van der Waals surface area contributed by atoms with Crippen molar-refractivity contribution in [3.8, 4) is 11.1 Å². The van der Waals surface area contributed by atoms with Crippen LogP contribution < -0.4 is 4.90 Å². The molecule has 2 unspecified atom stereocenters. The highest BCUT2D eigenvalue weighted by atomic mass is 19.1. The highest BCUT2D eigenvalue weighted by Gasteiger charge is 2.43. The Balaban J connectivity index is 1.26. The van der Waals surface area contributed by atoms with Crippen molar-refractivity contribution < 1.29 is 33.0 Å². The van der Waals surface area contributed by atoms with Gasteiger partial charge in [-0.05, 0) is 47.7 Å². The number of halogens is 2. The molecule has 10 nitrogen and oxygen atoms in total. The number of carbonyl (C=O) groups is 3. The lowest BCUT2D eigenvalue weighted by Gasteiger charge is -2.46. The molecule has 1 N–H and O–H groups in total. The van der Waals surface area contributed by atoms with Crippen molar-refractivity contribution >= 4 is 23.7 Å². The number of hydrogen-bond acceptors (Lipinski definition) is 6. The molecule has 0 radical (unpaired) electrons. The lowest BCUT2D eigenvalue weighted by molar-refractivity contribution is -0.149. The van der Waals surface area contributed by atoms with E-state index in [-0.39, 0.29) is 54.4 Å². The van der Waals surface area contributed by atoms with Crippen LogP contribution in [0, 0.1) is 11.2 Å². The summed E-state index contributed by atoms with van der Waals surface area (Å²) in [5.41, 5.74) is 2.99. The highest BCUT2D eigenvalue weighted by Crippen LogP contribution is 2.38. The van der Waals surface area contributed by atoms with Crippen molar-refractivity contribution in [1.29, 1.82) is 0 Å². The normalized spacial score (nSPS) is 20.3. The van der Waals surface area contributed by atoms with Gasteiger partial charge in [-0.25, -0.2) is 23.4 Å². The number of nitrogens with zero attached hydrogens (tertiary/aromatic N) is 5. The molecule has 0 bridgehead atoms. The number of hydrogen-bond donors (Lipinski definition) is 1. The number of benzene rings is 2. The van der Waals surface area contributed by atoms with Gasteiger partial charge in [0.25, 0.3) is 5.91 Å². The maximum atomic E-state index is 15.6. The van der Waals surface area contributed by atoms with Crippen LogP contribution in [0.15, 0.2) is 42.7 Å². The van der Waals surface area contributed by atoms with Gasteiger partial charge in [0.05, 0.1) is 37.8 Å². The Bertz CT molecular complexity index is 1650. The van der Waals surface area contributed by atoms with Crippen LogP contribution in [0.3, 0.4) is 0 Å². The van der Waals surface area contributed by atoms with Gasteiger partial charge in [-0.3, -0.25) is 4.79 Å². The molecule has 238 valence electrons. The highest BCUT2D eigenvalue weighted by molar-refractivity contribution is 6.02. The topological polar surface area (TPSA) is 108 Å². The van der Waals surface area contributed by atoms with E-state index in [0.29, 0.717) is 36.5 Å². The van der Waals surface area contributed by atoms with E-state index in [9.17, 15) is 23.9 Å². The molecule has 4 heterocycles. The number of rotatable bonds is 6. The van der Waals surface area contributed by atoms with Gasteiger partial charge < -0.3 is 29.1 Å². The molecule has 1 fully saturated rings. The summed E-state index contributed by atoms with van der Waals surface area (Å²) in [7, 11) is 0. The molecule has 0 saturated carbocycles. The first kappa shape index (κ1) is 30.5. The summed E-state index contributed by atoms with van der Waals surface area (Å²) in [5, 5.41) is 9.70.